The third-order valence-electron chi connectivity index (χ3n) is 3.66. The van der Waals surface area contributed by atoms with Crippen LogP contribution in [0.3, 0.4) is 0 Å². The molecule has 1 saturated carbocycles. The highest BCUT2D eigenvalue weighted by molar-refractivity contribution is 9.09. The van der Waals surface area contributed by atoms with E-state index >= 15 is 0 Å². The summed E-state index contributed by atoms with van der Waals surface area (Å²) in [5.41, 5.74) is -0.197. The Morgan fingerprint density at radius 3 is 2.63 bits per heavy atom. The standard InChI is InChI=1S/C14H22BrN3O/c1-14(2,3)18-10-8-16-12(13(18)19)17(9-7-15)11-5-4-6-11/h8,10-11H,4-7,9H2,1-3H3. The second-order valence-electron chi connectivity index (χ2n) is 6.06. The molecule has 1 aliphatic carbocycles. The van der Waals surface area contributed by atoms with E-state index in [1.807, 2.05) is 20.8 Å². The van der Waals surface area contributed by atoms with Gasteiger partial charge in [-0.3, -0.25) is 4.79 Å². The Balaban J connectivity index is 2.40. The van der Waals surface area contributed by atoms with Crippen LogP contribution in [0.5, 0.6) is 0 Å². The molecule has 1 aromatic rings. The lowest BCUT2D eigenvalue weighted by atomic mass is 9.91. The maximum atomic E-state index is 12.6. The number of alkyl halides is 1. The Bertz CT molecular complexity index is 488. The van der Waals surface area contributed by atoms with Crippen LogP contribution in [0.25, 0.3) is 0 Å². The van der Waals surface area contributed by atoms with Gasteiger partial charge in [-0.05, 0) is 40.0 Å². The Kier molecular flexibility index (Phi) is 4.33. The molecule has 0 saturated heterocycles. The van der Waals surface area contributed by atoms with Crippen molar-refractivity contribution in [3.05, 3.63) is 22.7 Å². The molecule has 0 radical (unpaired) electrons. The van der Waals surface area contributed by atoms with Crippen LogP contribution in [0.2, 0.25) is 0 Å². The number of aromatic nitrogens is 2. The third kappa shape index (κ3) is 3.02. The molecule has 19 heavy (non-hydrogen) atoms. The molecule has 0 atom stereocenters. The van der Waals surface area contributed by atoms with E-state index in [9.17, 15) is 4.79 Å². The largest absolute Gasteiger partial charge is 0.348 e. The number of halogens is 1. The minimum Gasteiger partial charge on any atom is -0.348 e. The zero-order valence-corrected chi connectivity index (χ0v) is 13.5. The number of hydrogen-bond donors (Lipinski definition) is 0. The lowest BCUT2D eigenvalue weighted by Gasteiger charge is -2.38. The lowest BCUT2D eigenvalue weighted by molar-refractivity contribution is 0.370. The Labute approximate surface area is 123 Å². The third-order valence-corrected chi connectivity index (χ3v) is 4.01. The monoisotopic (exact) mass is 327 g/mol. The SMILES string of the molecule is CC(C)(C)n1ccnc(N(CCBr)C2CCC2)c1=O. The summed E-state index contributed by atoms with van der Waals surface area (Å²) in [6, 6.07) is 0.480. The van der Waals surface area contributed by atoms with Crippen molar-refractivity contribution in [3.8, 4) is 0 Å². The maximum Gasteiger partial charge on any atom is 0.293 e. The molecular weight excluding hydrogens is 306 g/mol. The van der Waals surface area contributed by atoms with Crippen molar-refractivity contribution in [1.82, 2.24) is 9.55 Å². The van der Waals surface area contributed by atoms with Gasteiger partial charge in [-0.1, -0.05) is 15.9 Å². The van der Waals surface area contributed by atoms with Gasteiger partial charge in [0.25, 0.3) is 5.56 Å². The number of hydrogen-bond acceptors (Lipinski definition) is 3. The molecule has 0 unspecified atom stereocenters. The van der Waals surface area contributed by atoms with Gasteiger partial charge >= 0.3 is 0 Å². The van der Waals surface area contributed by atoms with E-state index in [2.05, 4.69) is 25.8 Å². The highest BCUT2D eigenvalue weighted by Gasteiger charge is 2.28. The van der Waals surface area contributed by atoms with Crippen LogP contribution in [0.15, 0.2) is 17.2 Å². The van der Waals surface area contributed by atoms with Gasteiger partial charge < -0.3 is 9.47 Å². The minimum absolute atomic E-state index is 0.0165. The van der Waals surface area contributed by atoms with Crippen molar-refractivity contribution >= 4 is 21.7 Å². The zero-order valence-electron chi connectivity index (χ0n) is 11.9. The van der Waals surface area contributed by atoms with Crippen LogP contribution < -0.4 is 10.5 Å². The fourth-order valence-corrected chi connectivity index (χ4v) is 2.76. The Morgan fingerprint density at radius 1 is 1.47 bits per heavy atom. The van der Waals surface area contributed by atoms with Crippen LogP contribution in [0, 0.1) is 0 Å². The van der Waals surface area contributed by atoms with Crippen molar-refractivity contribution in [3.63, 3.8) is 0 Å². The molecule has 1 aromatic heterocycles. The Hall–Kier alpha value is -0.840. The summed E-state index contributed by atoms with van der Waals surface area (Å²) in [6.07, 6.45) is 7.10. The van der Waals surface area contributed by atoms with Gasteiger partial charge in [-0.2, -0.15) is 0 Å². The topological polar surface area (TPSA) is 38.1 Å². The van der Waals surface area contributed by atoms with Crippen LogP contribution >= 0.6 is 15.9 Å². The second kappa shape index (κ2) is 5.65. The van der Waals surface area contributed by atoms with E-state index in [0.29, 0.717) is 11.9 Å². The zero-order chi connectivity index (χ0) is 14.0. The van der Waals surface area contributed by atoms with Crippen molar-refractivity contribution < 1.29 is 0 Å². The lowest BCUT2D eigenvalue weighted by Crippen LogP contribution is -2.46. The summed E-state index contributed by atoms with van der Waals surface area (Å²) in [6.45, 7) is 6.95. The molecule has 0 amide bonds. The van der Waals surface area contributed by atoms with E-state index in [1.54, 1.807) is 17.0 Å². The molecule has 2 rings (SSSR count). The molecule has 5 heteroatoms. The van der Waals surface area contributed by atoms with E-state index in [0.717, 1.165) is 11.9 Å². The van der Waals surface area contributed by atoms with Crippen LogP contribution in [-0.4, -0.2) is 27.5 Å². The van der Waals surface area contributed by atoms with Crippen LogP contribution in [0.4, 0.5) is 5.82 Å². The summed E-state index contributed by atoms with van der Waals surface area (Å²) in [7, 11) is 0. The maximum absolute atomic E-state index is 12.6. The summed E-state index contributed by atoms with van der Waals surface area (Å²) in [5, 5.41) is 0.856. The van der Waals surface area contributed by atoms with E-state index in [1.165, 1.54) is 19.3 Å². The van der Waals surface area contributed by atoms with Gasteiger partial charge in [0.1, 0.15) is 0 Å². The molecule has 0 aromatic carbocycles. The van der Waals surface area contributed by atoms with Crippen molar-refractivity contribution in [2.24, 2.45) is 0 Å². The Morgan fingerprint density at radius 2 is 2.16 bits per heavy atom. The predicted molar refractivity (Wildman–Crippen MR) is 82.3 cm³/mol. The fraction of sp³-hybridized carbons (Fsp3) is 0.714. The fourth-order valence-electron chi connectivity index (χ4n) is 2.38. The van der Waals surface area contributed by atoms with Crippen molar-refractivity contribution in [2.75, 3.05) is 16.8 Å². The first-order chi connectivity index (χ1) is 8.95. The molecule has 0 aliphatic heterocycles. The predicted octanol–water partition coefficient (Wildman–Crippen LogP) is 2.75. The quantitative estimate of drug-likeness (QED) is 0.798. The summed E-state index contributed by atoms with van der Waals surface area (Å²) >= 11 is 3.47. The van der Waals surface area contributed by atoms with Crippen molar-refractivity contribution in [2.45, 2.75) is 51.6 Å². The number of rotatable bonds is 4. The molecule has 1 heterocycles. The van der Waals surface area contributed by atoms with E-state index < -0.39 is 0 Å². The van der Waals surface area contributed by atoms with Gasteiger partial charge in [-0.15, -0.1) is 0 Å². The number of anilines is 1. The molecule has 4 nitrogen and oxygen atoms in total. The van der Waals surface area contributed by atoms with Gasteiger partial charge in [0, 0.05) is 35.8 Å². The second-order valence-corrected chi connectivity index (χ2v) is 6.86. The normalized spacial score (nSPS) is 16.2. The van der Waals surface area contributed by atoms with E-state index in [-0.39, 0.29) is 11.1 Å². The van der Waals surface area contributed by atoms with Gasteiger partial charge in [-0.25, -0.2) is 4.98 Å². The summed E-state index contributed by atoms with van der Waals surface area (Å²) in [5.74, 6) is 0.599. The molecule has 106 valence electrons. The molecular formula is C14H22BrN3O. The molecule has 0 bridgehead atoms. The van der Waals surface area contributed by atoms with Crippen LogP contribution in [0.1, 0.15) is 40.0 Å². The number of nitrogens with zero attached hydrogens (tertiary/aromatic N) is 3. The average Bonchev–Trinajstić information content (AvgIpc) is 2.25. The van der Waals surface area contributed by atoms with Crippen LogP contribution in [-0.2, 0) is 5.54 Å². The molecule has 1 aliphatic rings. The summed E-state index contributed by atoms with van der Waals surface area (Å²) < 4.78 is 1.77. The molecule has 1 fully saturated rings. The summed E-state index contributed by atoms with van der Waals surface area (Å²) in [4.78, 5) is 19.1. The highest BCUT2D eigenvalue weighted by Crippen LogP contribution is 2.27. The molecule has 0 spiro atoms. The van der Waals surface area contributed by atoms with E-state index in [4.69, 9.17) is 0 Å². The minimum atomic E-state index is -0.214. The van der Waals surface area contributed by atoms with Gasteiger partial charge in [0.05, 0.1) is 0 Å². The first-order valence-electron chi connectivity index (χ1n) is 6.86. The average molecular weight is 328 g/mol. The van der Waals surface area contributed by atoms with Crippen molar-refractivity contribution in [1.29, 1.82) is 0 Å². The highest BCUT2D eigenvalue weighted by atomic mass is 79.9. The first-order valence-corrected chi connectivity index (χ1v) is 7.98. The first kappa shape index (κ1) is 14.6. The van der Waals surface area contributed by atoms with Gasteiger partial charge in [0.15, 0.2) is 5.82 Å². The smallest absolute Gasteiger partial charge is 0.293 e. The van der Waals surface area contributed by atoms with Gasteiger partial charge in [0.2, 0.25) is 0 Å². The molecule has 0 N–H and O–H groups in total.